The minimum atomic E-state index is -0.261. The molecule has 0 heterocycles. The van der Waals surface area contributed by atoms with Crippen molar-refractivity contribution in [2.45, 2.75) is 0 Å². The van der Waals surface area contributed by atoms with Gasteiger partial charge in [-0.15, -0.1) is 0 Å². The molecule has 0 amide bonds. The van der Waals surface area contributed by atoms with Gasteiger partial charge >= 0.3 is 0 Å². The molecule has 0 bridgehead atoms. The van der Waals surface area contributed by atoms with Gasteiger partial charge in [0.05, 0.1) is 5.69 Å². The Bertz CT molecular complexity index is 955. The molecule has 0 unspecified atom stereocenters. The fourth-order valence-electron chi connectivity index (χ4n) is 2.10. The van der Waals surface area contributed by atoms with Crippen LogP contribution in [0.3, 0.4) is 0 Å². The Morgan fingerprint density at radius 1 is 0.952 bits per heavy atom. The summed E-state index contributed by atoms with van der Waals surface area (Å²) in [5, 5.41) is 17.8. The summed E-state index contributed by atoms with van der Waals surface area (Å²) in [6, 6.07) is 14.3. The van der Waals surface area contributed by atoms with E-state index in [9.17, 15) is 4.79 Å². The summed E-state index contributed by atoms with van der Waals surface area (Å²) < 4.78 is 0.947. The number of fused-ring (bicyclic) bond motifs is 1. The molecule has 104 valence electrons. The van der Waals surface area contributed by atoms with Crippen LogP contribution in [0.2, 0.25) is 0 Å². The molecule has 3 rings (SSSR count). The van der Waals surface area contributed by atoms with Gasteiger partial charge in [-0.3, -0.25) is 10.2 Å². The van der Waals surface area contributed by atoms with Crippen LogP contribution < -0.4 is 21.6 Å². The zero-order chi connectivity index (χ0) is 14.8. The fraction of sp³-hybridized carbons (Fsp3) is 0. The van der Waals surface area contributed by atoms with Crippen molar-refractivity contribution >= 4 is 32.4 Å². The summed E-state index contributed by atoms with van der Waals surface area (Å²) in [4.78, 5) is 12.3. The lowest BCUT2D eigenvalue weighted by atomic mass is 10.2. The molecule has 3 aromatic rings. The zero-order valence-electron chi connectivity index (χ0n) is 10.7. The SMILES string of the molecule is O=c1c(=NNc2ccc(Br)cc2)c(=NO)c2ccccc12. The molecule has 2 N–H and O–H groups in total. The largest absolute Gasteiger partial charge is 0.410 e. The molecule has 0 aromatic heterocycles. The predicted octanol–water partition coefficient (Wildman–Crippen LogP) is 2.06. The summed E-state index contributed by atoms with van der Waals surface area (Å²) >= 11 is 3.34. The minimum Gasteiger partial charge on any atom is -0.410 e. The van der Waals surface area contributed by atoms with Gasteiger partial charge in [0.15, 0.2) is 5.36 Å². The number of anilines is 1. The Morgan fingerprint density at radius 3 is 2.29 bits per heavy atom. The molecule has 0 spiro atoms. The van der Waals surface area contributed by atoms with Crippen molar-refractivity contribution in [3.8, 4) is 0 Å². The standard InChI is InChI=1S/C15H10BrN3O2/c16-9-5-7-10(8-6-9)17-18-14-13(19-21)11-3-1-2-4-12(11)15(14)20/h1-8,17,21H. The van der Waals surface area contributed by atoms with Gasteiger partial charge in [0, 0.05) is 15.2 Å². The molecule has 0 aliphatic carbocycles. The van der Waals surface area contributed by atoms with Crippen LogP contribution in [0, 0.1) is 0 Å². The van der Waals surface area contributed by atoms with Crippen LogP contribution >= 0.6 is 15.9 Å². The van der Waals surface area contributed by atoms with E-state index in [0.29, 0.717) is 10.8 Å². The van der Waals surface area contributed by atoms with Crippen LogP contribution in [-0.2, 0) is 0 Å². The quantitative estimate of drug-likeness (QED) is 0.552. The molecule has 0 aliphatic rings. The van der Waals surface area contributed by atoms with Crippen molar-refractivity contribution in [3.63, 3.8) is 0 Å². The molecule has 21 heavy (non-hydrogen) atoms. The molecule has 5 nitrogen and oxygen atoms in total. The van der Waals surface area contributed by atoms with E-state index in [1.54, 1.807) is 24.3 Å². The second kappa shape index (κ2) is 5.49. The van der Waals surface area contributed by atoms with E-state index in [2.05, 4.69) is 31.6 Å². The van der Waals surface area contributed by atoms with E-state index < -0.39 is 0 Å². The number of nitrogens with one attached hydrogen (secondary N) is 1. The minimum absolute atomic E-state index is 0.0987. The van der Waals surface area contributed by atoms with Crippen molar-refractivity contribution in [1.82, 2.24) is 0 Å². The Hall–Kier alpha value is -2.47. The van der Waals surface area contributed by atoms with Gasteiger partial charge < -0.3 is 5.21 Å². The van der Waals surface area contributed by atoms with Crippen molar-refractivity contribution in [3.05, 3.63) is 73.9 Å². The number of rotatable bonds is 2. The first-order valence-corrected chi connectivity index (χ1v) is 6.96. The highest BCUT2D eigenvalue weighted by atomic mass is 79.9. The third kappa shape index (κ3) is 2.45. The van der Waals surface area contributed by atoms with Gasteiger partial charge in [-0.05, 0) is 24.3 Å². The lowest BCUT2D eigenvalue weighted by Gasteiger charge is -1.98. The predicted molar refractivity (Wildman–Crippen MR) is 83.3 cm³/mol. The van der Waals surface area contributed by atoms with Gasteiger partial charge in [-0.2, -0.15) is 5.10 Å². The average molecular weight is 344 g/mol. The average Bonchev–Trinajstić information content (AvgIpc) is 2.79. The van der Waals surface area contributed by atoms with Gasteiger partial charge in [-0.1, -0.05) is 45.4 Å². The molecule has 0 fully saturated rings. The van der Waals surface area contributed by atoms with Gasteiger partial charge in [0.2, 0.25) is 5.43 Å². The summed E-state index contributed by atoms with van der Waals surface area (Å²) in [6.07, 6.45) is 0. The molecule has 0 aliphatic heterocycles. The van der Waals surface area contributed by atoms with E-state index >= 15 is 0 Å². The monoisotopic (exact) mass is 343 g/mol. The topological polar surface area (TPSA) is 74.0 Å². The summed E-state index contributed by atoms with van der Waals surface area (Å²) in [6.45, 7) is 0. The van der Waals surface area contributed by atoms with Crippen LogP contribution in [0.5, 0.6) is 0 Å². The first-order chi connectivity index (χ1) is 10.2. The highest BCUT2D eigenvalue weighted by molar-refractivity contribution is 9.10. The normalized spacial score (nSPS) is 13.0. The molecule has 0 saturated heterocycles. The van der Waals surface area contributed by atoms with E-state index in [1.807, 2.05) is 24.3 Å². The van der Waals surface area contributed by atoms with E-state index in [-0.39, 0.29) is 16.1 Å². The first-order valence-electron chi connectivity index (χ1n) is 6.16. The zero-order valence-corrected chi connectivity index (χ0v) is 12.3. The lowest BCUT2D eigenvalue weighted by Crippen LogP contribution is -2.33. The van der Waals surface area contributed by atoms with E-state index in [1.165, 1.54) is 0 Å². The summed E-state index contributed by atoms with van der Waals surface area (Å²) in [7, 11) is 0. The van der Waals surface area contributed by atoms with Crippen molar-refractivity contribution in [1.29, 1.82) is 0 Å². The van der Waals surface area contributed by atoms with E-state index in [4.69, 9.17) is 5.21 Å². The third-order valence-electron chi connectivity index (χ3n) is 3.11. The van der Waals surface area contributed by atoms with Crippen molar-refractivity contribution < 1.29 is 5.21 Å². The van der Waals surface area contributed by atoms with E-state index in [0.717, 1.165) is 10.2 Å². The second-order valence-electron chi connectivity index (χ2n) is 4.40. The maximum absolute atomic E-state index is 12.3. The molecule has 6 heteroatoms. The second-order valence-corrected chi connectivity index (χ2v) is 5.32. The van der Waals surface area contributed by atoms with Crippen LogP contribution in [0.15, 0.2) is 68.1 Å². The van der Waals surface area contributed by atoms with Gasteiger partial charge in [0.1, 0.15) is 5.36 Å². The first kappa shape index (κ1) is 13.5. The molecule has 0 radical (unpaired) electrons. The maximum Gasteiger partial charge on any atom is 0.216 e. The number of hydrogen-bond donors (Lipinski definition) is 2. The Morgan fingerprint density at radius 2 is 1.62 bits per heavy atom. The smallest absolute Gasteiger partial charge is 0.216 e. The molecule has 3 aromatic carbocycles. The number of benzene rings is 2. The number of hydrogen-bond acceptors (Lipinski definition) is 5. The molecule has 0 saturated carbocycles. The van der Waals surface area contributed by atoms with Gasteiger partial charge in [-0.25, -0.2) is 0 Å². The van der Waals surface area contributed by atoms with Crippen molar-refractivity contribution in [2.24, 2.45) is 10.3 Å². The van der Waals surface area contributed by atoms with Crippen LogP contribution in [0.1, 0.15) is 0 Å². The summed E-state index contributed by atoms with van der Waals surface area (Å²) in [5.74, 6) is 0. The Kier molecular flexibility index (Phi) is 3.53. The highest BCUT2D eigenvalue weighted by Crippen LogP contribution is 2.13. The lowest BCUT2D eigenvalue weighted by molar-refractivity contribution is 0.302. The maximum atomic E-state index is 12.3. The third-order valence-corrected chi connectivity index (χ3v) is 3.64. The Labute approximate surface area is 127 Å². The number of halogens is 1. The van der Waals surface area contributed by atoms with Crippen molar-refractivity contribution in [2.75, 3.05) is 5.43 Å². The van der Waals surface area contributed by atoms with Crippen LogP contribution in [0.4, 0.5) is 5.69 Å². The van der Waals surface area contributed by atoms with Gasteiger partial charge in [0.25, 0.3) is 0 Å². The fourth-order valence-corrected chi connectivity index (χ4v) is 2.36. The molecular formula is C15H10BrN3O2. The summed E-state index contributed by atoms with van der Waals surface area (Å²) in [5.41, 5.74) is 3.27. The highest BCUT2D eigenvalue weighted by Gasteiger charge is 2.08. The van der Waals surface area contributed by atoms with Crippen LogP contribution in [0.25, 0.3) is 10.8 Å². The molecular weight excluding hydrogens is 334 g/mol. The Balaban J connectivity index is 2.16. The molecule has 0 atom stereocenters. The number of nitrogens with zero attached hydrogens (tertiary/aromatic N) is 2. The van der Waals surface area contributed by atoms with Crippen LogP contribution in [-0.4, -0.2) is 5.21 Å².